The number of hydrogen-bond acceptors (Lipinski definition) is 3. The highest BCUT2D eigenvalue weighted by Crippen LogP contribution is 2.17. The molecule has 0 aromatic rings. The molecule has 0 atom stereocenters. The van der Waals surface area contributed by atoms with Gasteiger partial charge in [-0.3, -0.25) is 4.98 Å². The summed E-state index contributed by atoms with van der Waals surface area (Å²) in [6.45, 7) is 5.53. The fraction of sp³-hybridized carbons (Fsp3) is 1.00. The predicted octanol–water partition coefficient (Wildman–Crippen LogP) is 1.97. The minimum atomic E-state index is -1.20. The first kappa shape index (κ1) is 12.2. The lowest BCUT2D eigenvalue weighted by atomic mass is 9.96. The predicted molar refractivity (Wildman–Crippen MR) is 59.0 cm³/mol. The molecule has 4 heteroatoms. The maximum absolute atomic E-state index is 5.55. The third-order valence-electron chi connectivity index (χ3n) is 2.48. The molecule has 0 amide bonds. The second kappa shape index (κ2) is 7.40. The van der Waals surface area contributed by atoms with E-state index in [1.807, 2.05) is 13.8 Å². The van der Waals surface area contributed by atoms with Crippen LogP contribution in [0.25, 0.3) is 0 Å². The molecule has 3 nitrogen and oxygen atoms in total. The third kappa shape index (κ3) is 4.55. The van der Waals surface area contributed by atoms with Crippen molar-refractivity contribution in [1.29, 1.82) is 0 Å². The van der Waals surface area contributed by atoms with Crippen LogP contribution in [0.15, 0.2) is 0 Å². The van der Waals surface area contributed by atoms with Gasteiger partial charge in [0.1, 0.15) is 0 Å². The average molecular weight is 216 g/mol. The normalized spacial score (nSPS) is 19.1. The number of nitrogens with one attached hydrogen (secondary N) is 1. The maximum Gasteiger partial charge on any atom is 0.488 e. The molecule has 83 valence electrons. The molecule has 1 aliphatic rings. The van der Waals surface area contributed by atoms with Gasteiger partial charge in [-0.25, -0.2) is 0 Å². The van der Waals surface area contributed by atoms with Crippen LogP contribution >= 0.6 is 0 Å². The van der Waals surface area contributed by atoms with Crippen molar-refractivity contribution in [2.24, 2.45) is 0 Å². The molecular formula is C10H22NO2Si. The first-order valence-corrected chi connectivity index (χ1v) is 7.07. The van der Waals surface area contributed by atoms with Crippen LogP contribution in [0.2, 0.25) is 0 Å². The van der Waals surface area contributed by atoms with Crippen molar-refractivity contribution < 1.29 is 8.85 Å². The van der Waals surface area contributed by atoms with Crippen molar-refractivity contribution in [1.82, 2.24) is 4.98 Å². The summed E-state index contributed by atoms with van der Waals surface area (Å²) in [6.07, 6.45) is 6.67. The van der Waals surface area contributed by atoms with E-state index in [-0.39, 0.29) is 0 Å². The number of hydrogen-bond donors (Lipinski definition) is 1. The first-order valence-electron chi connectivity index (χ1n) is 5.75. The van der Waals surface area contributed by atoms with Crippen molar-refractivity contribution in [3.05, 3.63) is 0 Å². The molecule has 0 bridgehead atoms. The molecule has 0 spiro atoms. The Kier molecular flexibility index (Phi) is 6.43. The molecule has 0 saturated heterocycles. The second-order valence-electron chi connectivity index (χ2n) is 3.63. The van der Waals surface area contributed by atoms with Gasteiger partial charge in [0.2, 0.25) is 0 Å². The highest BCUT2D eigenvalue weighted by molar-refractivity contribution is 6.41. The third-order valence-corrected chi connectivity index (χ3v) is 4.22. The van der Waals surface area contributed by atoms with Gasteiger partial charge in [0, 0.05) is 19.3 Å². The smallest absolute Gasteiger partial charge is 0.381 e. The van der Waals surface area contributed by atoms with Crippen molar-refractivity contribution in [3.8, 4) is 0 Å². The zero-order chi connectivity index (χ0) is 10.2. The van der Waals surface area contributed by atoms with Crippen molar-refractivity contribution >= 4 is 9.45 Å². The Balaban J connectivity index is 2.21. The Labute approximate surface area is 89.1 Å². The average Bonchev–Trinajstić information content (AvgIpc) is 2.20. The standard InChI is InChI=1S/C10H22NO2Si/c1-3-12-14(13-4-2)11-10-8-6-5-7-9-10/h10-11H,3-9H2,1-2H3. The van der Waals surface area contributed by atoms with Gasteiger partial charge in [-0.1, -0.05) is 19.3 Å². The summed E-state index contributed by atoms with van der Waals surface area (Å²) in [7, 11) is -1.20. The van der Waals surface area contributed by atoms with E-state index < -0.39 is 9.45 Å². The fourth-order valence-electron chi connectivity index (χ4n) is 1.80. The lowest BCUT2D eigenvalue weighted by molar-refractivity contribution is 0.194. The number of rotatable bonds is 6. The van der Waals surface area contributed by atoms with Crippen LogP contribution < -0.4 is 4.98 Å². The maximum atomic E-state index is 5.55. The van der Waals surface area contributed by atoms with E-state index in [9.17, 15) is 0 Å². The monoisotopic (exact) mass is 216 g/mol. The van der Waals surface area contributed by atoms with Crippen molar-refractivity contribution in [2.75, 3.05) is 13.2 Å². The van der Waals surface area contributed by atoms with E-state index in [4.69, 9.17) is 8.85 Å². The topological polar surface area (TPSA) is 30.5 Å². The molecule has 0 aromatic carbocycles. The molecule has 0 aromatic heterocycles. The van der Waals surface area contributed by atoms with Crippen LogP contribution in [0.5, 0.6) is 0 Å². The molecule has 14 heavy (non-hydrogen) atoms. The van der Waals surface area contributed by atoms with Gasteiger partial charge in [-0.05, 0) is 26.7 Å². The van der Waals surface area contributed by atoms with Crippen LogP contribution in [0.1, 0.15) is 46.0 Å². The van der Waals surface area contributed by atoms with Crippen LogP contribution in [0.3, 0.4) is 0 Å². The van der Waals surface area contributed by atoms with E-state index in [1.54, 1.807) is 0 Å². The molecule has 1 saturated carbocycles. The van der Waals surface area contributed by atoms with Gasteiger partial charge in [-0.2, -0.15) is 0 Å². The highest BCUT2D eigenvalue weighted by Gasteiger charge is 2.22. The Hall–Kier alpha value is 0.0969. The summed E-state index contributed by atoms with van der Waals surface area (Å²) < 4.78 is 11.1. The summed E-state index contributed by atoms with van der Waals surface area (Å²) in [5, 5.41) is 0. The summed E-state index contributed by atoms with van der Waals surface area (Å²) in [4.78, 5) is 3.52. The van der Waals surface area contributed by atoms with Gasteiger partial charge in [0.05, 0.1) is 0 Å². The molecule has 1 N–H and O–H groups in total. The van der Waals surface area contributed by atoms with E-state index in [0.717, 1.165) is 13.2 Å². The lowest BCUT2D eigenvalue weighted by Gasteiger charge is -2.25. The SMILES string of the molecule is CCO[Si](NC1CCCCC1)OCC. The molecule has 1 aliphatic carbocycles. The van der Waals surface area contributed by atoms with Gasteiger partial charge in [-0.15, -0.1) is 0 Å². The quantitative estimate of drug-likeness (QED) is 0.689. The van der Waals surface area contributed by atoms with Gasteiger partial charge in [0.25, 0.3) is 0 Å². The van der Waals surface area contributed by atoms with Gasteiger partial charge in [0.15, 0.2) is 0 Å². The Morgan fingerprint density at radius 2 is 1.64 bits per heavy atom. The van der Waals surface area contributed by atoms with Crippen LogP contribution in [-0.4, -0.2) is 28.7 Å². The van der Waals surface area contributed by atoms with E-state index in [2.05, 4.69) is 4.98 Å². The Morgan fingerprint density at radius 3 is 2.14 bits per heavy atom. The highest BCUT2D eigenvalue weighted by atomic mass is 28.3. The zero-order valence-corrected chi connectivity index (χ0v) is 10.3. The van der Waals surface area contributed by atoms with Crippen LogP contribution in [0, 0.1) is 0 Å². The molecule has 1 rings (SSSR count). The van der Waals surface area contributed by atoms with Crippen LogP contribution in [-0.2, 0) is 8.85 Å². The minimum absolute atomic E-state index is 0.635. The molecule has 0 unspecified atom stereocenters. The van der Waals surface area contributed by atoms with E-state index in [0.29, 0.717) is 6.04 Å². The molecular weight excluding hydrogens is 194 g/mol. The largest absolute Gasteiger partial charge is 0.488 e. The van der Waals surface area contributed by atoms with E-state index in [1.165, 1.54) is 32.1 Å². The molecule has 1 radical (unpaired) electrons. The second-order valence-corrected chi connectivity index (χ2v) is 5.07. The Morgan fingerprint density at radius 1 is 1.07 bits per heavy atom. The summed E-state index contributed by atoms with van der Waals surface area (Å²) >= 11 is 0. The minimum Gasteiger partial charge on any atom is -0.381 e. The lowest BCUT2D eigenvalue weighted by Crippen LogP contribution is -2.47. The zero-order valence-electron chi connectivity index (χ0n) is 9.34. The van der Waals surface area contributed by atoms with Crippen LogP contribution in [0.4, 0.5) is 0 Å². The molecule has 1 fully saturated rings. The summed E-state index contributed by atoms with van der Waals surface area (Å²) in [6, 6.07) is 0.635. The van der Waals surface area contributed by atoms with Crippen molar-refractivity contribution in [2.45, 2.75) is 52.0 Å². The first-order chi connectivity index (χ1) is 6.86. The van der Waals surface area contributed by atoms with Crippen molar-refractivity contribution in [3.63, 3.8) is 0 Å². The summed E-state index contributed by atoms with van der Waals surface area (Å²) in [5.41, 5.74) is 0. The van der Waals surface area contributed by atoms with Gasteiger partial charge < -0.3 is 8.85 Å². The molecule has 0 heterocycles. The van der Waals surface area contributed by atoms with Gasteiger partial charge >= 0.3 is 9.45 Å². The summed E-state index contributed by atoms with van der Waals surface area (Å²) in [5.74, 6) is 0. The van der Waals surface area contributed by atoms with E-state index >= 15 is 0 Å². The molecule has 0 aliphatic heterocycles. The Bertz CT molecular complexity index is 134. The fourth-order valence-corrected chi connectivity index (χ4v) is 3.20.